The van der Waals surface area contributed by atoms with Crippen molar-refractivity contribution in [2.75, 3.05) is 25.6 Å². The first-order valence-corrected chi connectivity index (χ1v) is 15.1. The molecule has 6 rings (SSSR count). The normalized spacial score (nSPS) is 14.7. The van der Waals surface area contributed by atoms with E-state index in [-0.39, 0.29) is 12.2 Å². The van der Waals surface area contributed by atoms with E-state index in [4.69, 9.17) is 9.73 Å². The molecule has 8 nitrogen and oxygen atoms in total. The lowest BCUT2D eigenvalue weighted by molar-refractivity contribution is -0.139. The van der Waals surface area contributed by atoms with Gasteiger partial charge in [-0.2, -0.15) is 5.26 Å². The molecule has 0 N–H and O–H groups in total. The summed E-state index contributed by atoms with van der Waals surface area (Å²) in [6.07, 6.45) is 3.91. The van der Waals surface area contributed by atoms with E-state index >= 15 is 0 Å². The van der Waals surface area contributed by atoms with Gasteiger partial charge in [0.2, 0.25) is 0 Å². The summed E-state index contributed by atoms with van der Waals surface area (Å²) < 4.78 is 9.66. The average Bonchev–Trinajstić information content (AvgIpc) is 3.52. The minimum atomic E-state index is -0.674. The Hall–Kier alpha value is -5.20. The van der Waals surface area contributed by atoms with Crippen molar-refractivity contribution < 1.29 is 9.53 Å². The fraction of sp³-hybridized carbons (Fsp3) is 0.200. The molecule has 0 amide bonds. The van der Waals surface area contributed by atoms with E-state index < -0.39 is 12.0 Å². The van der Waals surface area contributed by atoms with Gasteiger partial charge in [0.25, 0.3) is 5.56 Å². The number of benzene rings is 3. The Bertz CT molecular complexity index is 2160. The van der Waals surface area contributed by atoms with Crippen LogP contribution in [0, 0.1) is 11.3 Å². The highest BCUT2D eigenvalue weighted by Gasteiger charge is 2.33. The number of para-hydroxylation sites is 1. The number of aromatic nitrogens is 2. The summed E-state index contributed by atoms with van der Waals surface area (Å²) in [6, 6.07) is 25.0. The number of nitriles is 1. The van der Waals surface area contributed by atoms with Crippen LogP contribution in [-0.4, -0.2) is 35.8 Å². The van der Waals surface area contributed by atoms with Gasteiger partial charge in [0, 0.05) is 49.0 Å². The van der Waals surface area contributed by atoms with Crippen molar-refractivity contribution in [3.8, 4) is 6.07 Å². The monoisotopic (exact) mass is 601 g/mol. The Balaban J connectivity index is 1.51. The molecule has 44 heavy (non-hydrogen) atoms. The van der Waals surface area contributed by atoms with E-state index in [2.05, 4.69) is 10.6 Å². The molecule has 2 aromatic heterocycles. The van der Waals surface area contributed by atoms with Crippen molar-refractivity contribution >= 4 is 40.0 Å². The molecule has 1 aliphatic rings. The second kappa shape index (κ2) is 11.8. The first-order chi connectivity index (χ1) is 21.3. The number of anilines is 1. The molecule has 0 radical (unpaired) electrons. The molecule has 1 aliphatic heterocycles. The van der Waals surface area contributed by atoms with Gasteiger partial charge in [0.05, 0.1) is 40.1 Å². The zero-order chi connectivity index (χ0) is 31.0. The predicted octanol–water partition coefficient (Wildman–Crippen LogP) is 4.74. The second-order valence-electron chi connectivity index (χ2n) is 10.8. The Labute approximate surface area is 258 Å². The van der Waals surface area contributed by atoms with Crippen LogP contribution in [0.4, 0.5) is 5.69 Å². The number of hydrogen-bond donors (Lipinski definition) is 0. The highest BCUT2D eigenvalue weighted by Crippen LogP contribution is 2.32. The maximum Gasteiger partial charge on any atom is 0.338 e. The number of ether oxygens (including phenoxy) is 1. The van der Waals surface area contributed by atoms with Crippen LogP contribution >= 0.6 is 11.3 Å². The summed E-state index contributed by atoms with van der Waals surface area (Å²) in [5.41, 5.74) is 5.91. The Morgan fingerprint density at radius 1 is 1.09 bits per heavy atom. The van der Waals surface area contributed by atoms with Gasteiger partial charge in [0.15, 0.2) is 4.80 Å². The van der Waals surface area contributed by atoms with Crippen molar-refractivity contribution in [1.82, 2.24) is 9.13 Å². The molecule has 3 heterocycles. The van der Waals surface area contributed by atoms with Crippen LogP contribution in [0.2, 0.25) is 0 Å². The van der Waals surface area contributed by atoms with Crippen LogP contribution < -0.4 is 19.8 Å². The van der Waals surface area contributed by atoms with Crippen LogP contribution in [0.25, 0.3) is 17.0 Å². The number of hydrogen-bond acceptors (Lipinski definition) is 7. The summed E-state index contributed by atoms with van der Waals surface area (Å²) in [7, 11) is 3.93. The third-order valence-corrected chi connectivity index (χ3v) is 8.81. The van der Waals surface area contributed by atoms with Crippen LogP contribution in [-0.2, 0) is 16.1 Å². The molecule has 9 heteroatoms. The minimum absolute atomic E-state index is 0.217. The van der Waals surface area contributed by atoms with E-state index in [9.17, 15) is 14.9 Å². The molecule has 0 bridgehead atoms. The number of carbonyl (C=O) groups excluding carboxylic acids is 1. The van der Waals surface area contributed by atoms with Gasteiger partial charge in [-0.15, -0.1) is 0 Å². The van der Waals surface area contributed by atoms with Gasteiger partial charge in [0.1, 0.15) is 0 Å². The molecule has 3 aromatic carbocycles. The topological polar surface area (TPSA) is 92.6 Å². The standard InChI is InChI=1S/C35H31N5O3S/c1-5-43-34(42)31-22(2)37-35-40(32(31)23-14-16-27(17-15-23)38(3)4)33(41)30(44-35)18-26-21-39(29-13-9-8-12-28(26)29)20-25-11-7-6-10-24(25)19-36/h6-18,21,32H,5,20H2,1-4H3/b30-18+. The van der Waals surface area contributed by atoms with E-state index in [1.807, 2.05) is 104 Å². The number of rotatable bonds is 7. The van der Waals surface area contributed by atoms with Crippen molar-refractivity contribution in [3.05, 3.63) is 132 Å². The molecule has 1 unspecified atom stereocenters. The van der Waals surface area contributed by atoms with Crippen LogP contribution in [0.3, 0.4) is 0 Å². The first kappa shape index (κ1) is 28.9. The summed E-state index contributed by atoms with van der Waals surface area (Å²) in [5, 5.41) is 10.6. The Kier molecular flexibility index (Phi) is 7.77. The van der Waals surface area contributed by atoms with Crippen molar-refractivity contribution in [2.24, 2.45) is 4.99 Å². The van der Waals surface area contributed by atoms with Gasteiger partial charge in [-0.1, -0.05) is 59.9 Å². The molecular weight excluding hydrogens is 570 g/mol. The highest BCUT2D eigenvalue weighted by molar-refractivity contribution is 7.07. The molecule has 5 aromatic rings. The number of allylic oxidation sites excluding steroid dienone is 1. The lowest BCUT2D eigenvalue weighted by atomic mass is 9.95. The summed E-state index contributed by atoms with van der Waals surface area (Å²) in [5.74, 6) is -0.481. The fourth-order valence-corrected chi connectivity index (χ4v) is 6.71. The average molecular weight is 602 g/mol. The quantitative estimate of drug-likeness (QED) is 0.252. The first-order valence-electron chi connectivity index (χ1n) is 14.3. The number of esters is 1. The summed E-state index contributed by atoms with van der Waals surface area (Å²) >= 11 is 1.30. The van der Waals surface area contributed by atoms with Gasteiger partial charge in [-0.3, -0.25) is 9.36 Å². The smallest absolute Gasteiger partial charge is 0.338 e. The highest BCUT2D eigenvalue weighted by atomic mass is 32.1. The van der Waals surface area contributed by atoms with Crippen molar-refractivity contribution in [2.45, 2.75) is 26.4 Å². The zero-order valence-electron chi connectivity index (χ0n) is 24.9. The van der Waals surface area contributed by atoms with Gasteiger partial charge in [-0.25, -0.2) is 9.79 Å². The molecule has 220 valence electrons. The lowest BCUT2D eigenvalue weighted by Crippen LogP contribution is -2.39. The van der Waals surface area contributed by atoms with Gasteiger partial charge < -0.3 is 14.2 Å². The van der Waals surface area contributed by atoms with Crippen molar-refractivity contribution in [1.29, 1.82) is 5.26 Å². The predicted molar refractivity (Wildman–Crippen MR) is 173 cm³/mol. The SMILES string of the molecule is CCOC(=O)C1=C(C)N=c2s/c(=C/c3cn(Cc4ccccc4C#N)c4ccccc34)c(=O)n2C1c1ccc(N(C)C)cc1. The van der Waals surface area contributed by atoms with Gasteiger partial charge in [-0.05, 0) is 55.3 Å². The number of carbonyl (C=O) groups is 1. The van der Waals surface area contributed by atoms with Crippen LogP contribution in [0.15, 0.2) is 100 Å². The minimum Gasteiger partial charge on any atom is -0.463 e. The van der Waals surface area contributed by atoms with Crippen LogP contribution in [0.1, 0.15) is 42.1 Å². The van der Waals surface area contributed by atoms with Crippen LogP contribution in [0.5, 0.6) is 0 Å². The van der Waals surface area contributed by atoms with Crippen molar-refractivity contribution in [3.63, 3.8) is 0 Å². The number of nitrogens with zero attached hydrogens (tertiary/aromatic N) is 5. The molecule has 0 aliphatic carbocycles. The van der Waals surface area contributed by atoms with E-state index in [0.717, 1.165) is 33.3 Å². The molecule has 1 atom stereocenters. The third-order valence-electron chi connectivity index (χ3n) is 7.83. The third kappa shape index (κ3) is 5.14. The maximum absolute atomic E-state index is 14.2. The van der Waals surface area contributed by atoms with E-state index in [0.29, 0.717) is 32.7 Å². The Morgan fingerprint density at radius 2 is 1.82 bits per heavy atom. The second-order valence-corrected chi connectivity index (χ2v) is 11.8. The number of fused-ring (bicyclic) bond motifs is 2. The molecule has 0 saturated carbocycles. The lowest BCUT2D eigenvalue weighted by Gasteiger charge is -2.25. The fourth-order valence-electron chi connectivity index (χ4n) is 5.67. The maximum atomic E-state index is 14.2. The van der Waals surface area contributed by atoms with E-state index in [1.165, 1.54) is 11.3 Å². The zero-order valence-corrected chi connectivity index (χ0v) is 25.8. The largest absolute Gasteiger partial charge is 0.463 e. The molecule has 0 fully saturated rings. The molecule has 0 spiro atoms. The van der Waals surface area contributed by atoms with Gasteiger partial charge >= 0.3 is 5.97 Å². The van der Waals surface area contributed by atoms with E-state index in [1.54, 1.807) is 18.4 Å². The summed E-state index contributed by atoms with van der Waals surface area (Å²) in [6.45, 7) is 4.29. The number of thiazole rings is 1. The summed E-state index contributed by atoms with van der Waals surface area (Å²) in [4.78, 5) is 34.7. The molecular formula is C35H31N5O3S. The molecule has 0 saturated heterocycles. The Morgan fingerprint density at radius 3 is 2.55 bits per heavy atom.